The van der Waals surface area contributed by atoms with E-state index in [9.17, 15) is 14.4 Å². The number of rotatable bonds is 6. The predicted octanol–water partition coefficient (Wildman–Crippen LogP) is 2.87. The minimum atomic E-state index is -0.0179. The molecular weight excluding hydrogens is 352 g/mol. The van der Waals surface area contributed by atoms with Crippen LogP contribution in [0.4, 0.5) is 0 Å². The van der Waals surface area contributed by atoms with Gasteiger partial charge >= 0.3 is 0 Å². The highest BCUT2D eigenvalue weighted by molar-refractivity contribution is 5.98. The predicted molar refractivity (Wildman–Crippen MR) is 108 cm³/mol. The summed E-state index contributed by atoms with van der Waals surface area (Å²) in [6.07, 6.45) is 0.819. The first kappa shape index (κ1) is 19.8. The molecule has 0 unspecified atom stereocenters. The van der Waals surface area contributed by atoms with E-state index in [1.165, 1.54) is 0 Å². The lowest BCUT2D eigenvalue weighted by molar-refractivity contribution is -0.139. The van der Waals surface area contributed by atoms with Gasteiger partial charge in [0.25, 0.3) is 0 Å². The fourth-order valence-electron chi connectivity index (χ4n) is 3.35. The van der Waals surface area contributed by atoms with Gasteiger partial charge in [-0.15, -0.1) is 0 Å². The standard InChI is InChI=1S/C23H26N2O3/c1-18-7-9-20(10-8-18)21(26)11-12-22(27)24-13-15-25(16-14-24)23(28)17-19-5-3-2-4-6-19/h2-10H,11-17H2,1H3. The van der Waals surface area contributed by atoms with Gasteiger partial charge in [-0.25, -0.2) is 0 Å². The number of amides is 2. The molecule has 1 aliphatic rings. The van der Waals surface area contributed by atoms with Crippen LogP contribution in [0.2, 0.25) is 0 Å². The van der Waals surface area contributed by atoms with Gasteiger partial charge in [0.15, 0.2) is 5.78 Å². The van der Waals surface area contributed by atoms with Gasteiger partial charge in [0.1, 0.15) is 0 Å². The maximum absolute atomic E-state index is 12.4. The molecule has 2 aromatic carbocycles. The number of hydrogen-bond donors (Lipinski definition) is 0. The average Bonchev–Trinajstić information content (AvgIpc) is 2.73. The van der Waals surface area contributed by atoms with E-state index in [1.54, 1.807) is 17.0 Å². The Balaban J connectivity index is 1.42. The van der Waals surface area contributed by atoms with Crippen molar-refractivity contribution in [2.75, 3.05) is 26.2 Å². The lowest BCUT2D eigenvalue weighted by atomic mass is 10.0. The van der Waals surface area contributed by atoms with Crippen LogP contribution in [-0.4, -0.2) is 53.6 Å². The van der Waals surface area contributed by atoms with Crippen molar-refractivity contribution in [2.24, 2.45) is 0 Å². The summed E-state index contributed by atoms with van der Waals surface area (Å²) in [4.78, 5) is 40.7. The highest BCUT2D eigenvalue weighted by Crippen LogP contribution is 2.11. The van der Waals surface area contributed by atoms with Crippen molar-refractivity contribution < 1.29 is 14.4 Å². The number of ketones is 1. The van der Waals surface area contributed by atoms with E-state index >= 15 is 0 Å². The van der Waals surface area contributed by atoms with E-state index in [0.29, 0.717) is 38.2 Å². The number of carbonyl (C=O) groups is 3. The van der Waals surface area contributed by atoms with Crippen molar-refractivity contribution >= 4 is 17.6 Å². The maximum atomic E-state index is 12.4. The Hall–Kier alpha value is -2.95. The largest absolute Gasteiger partial charge is 0.339 e. The van der Waals surface area contributed by atoms with Crippen LogP contribution in [0, 0.1) is 6.92 Å². The first-order valence-electron chi connectivity index (χ1n) is 9.72. The zero-order chi connectivity index (χ0) is 19.9. The van der Waals surface area contributed by atoms with Crippen molar-refractivity contribution in [1.82, 2.24) is 9.80 Å². The first-order chi connectivity index (χ1) is 13.5. The lowest BCUT2D eigenvalue weighted by Gasteiger charge is -2.35. The summed E-state index contributed by atoms with van der Waals surface area (Å²) in [6.45, 7) is 4.12. The van der Waals surface area contributed by atoms with Crippen molar-refractivity contribution in [2.45, 2.75) is 26.2 Å². The highest BCUT2D eigenvalue weighted by Gasteiger charge is 2.24. The Labute approximate surface area is 166 Å². The van der Waals surface area contributed by atoms with Crippen LogP contribution in [0.1, 0.15) is 34.3 Å². The second-order valence-corrected chi connectivity index (χ2v) is 7.21. The number of carbonyl (C=O) groups excluding carboxylic acids is 3. The van der Waals surface area contributed by atoms with Gasteiger partial charge in [0, 0.05) is 44.6 Å². The summed E-state index contributed by atoms with van der Waals surface area (Å²) in [5.74, 6) is 0.0634. The molecule has 1 saturated heterocycles. The molecule has 2 amide bonds. The molecule has 0 aliphatic carbocycles. The molecule has 0 N–H and O–H groups in total. The number of piperazine rings is 1. The third kappa shape index (κ3) is 5.28. The fourth-order valence-corrected chi connectivity index (χ4v) is 3.35. The van der Waals surface area contributed by atoms with Crippen LogP contribution < -0.4 is 0 Å². The van der Waals surface area contributed by atoms with Gasteiger partial charge in [-0.05, 0) is 12.5 Å². The normalized spacial score (nSPS) is 14.0. The maximum Gasteiger partial charge on any atom is 0.227 e. The molecule has 0 aromatic heterocycles. The molecule has 1 heterocycles. The first-order valence-corrected chi connectivity index (χ1v) is 9.72. The van der Waals surface area contributed by atoms with Crippen molar-refractivity contribution in [3.05, 3.63) is 71.3 Å². The van der Waals surface area contributed by atoms with Gasteiger partial charge in [-0.1, -0.05) is 60.2 Å². The lowest BCUT2D eigenvalue weighted by Crippen LogP contribution is -2.51. The Morgan fingerprint density at radius 1 is 0.750 bits per heavy atom. The second kappa shape index (κ2) is 9.31. The van der Waals surface area contributed by atoms with Crippen LogP contribution in [0.3, 0.4) is 0 Å². The summed E-state index contributed by atoms with van der Waals surface area (Å²) >= 11 is 0. The number of hydrogen-bond acceptors (Lipinski definition) is 3. The van der Waals surface area contributed by atoms with Crippen LogP contribution >= 0.6 is 0 Å². The quantitative estimate of drug-likeness (QED) is 0.727. The number of aryl methyl sites for hydroxylation is 1. The summed E-state index contributed by atoms with van der Waals surface area (Å²) in [5.41, 5.74) is 2.75. The van der Waals surface area contributed by atoms with Gasteiger partial charge in [0.2, 0.25) is 11.8 Å². The third-order valence-corrected chi connectivity index (χ3v) is 5.12. The Morgan fingerprint density at radius 2 is 1.32 bits per heavy atom. The van der Waals surface area contributed by atoms with E-state index < -0.39 is 0 Å². The summed E-state index contributed by atoms with van der Waals surface area (Å²) in [7, 11) is 0. The summed E-state index contributed by atoms with van der Waals surface area (Å²) in [6, 6.07) is 17.1. The smallest absolute Gasteiger partial charge is 0.227 e. The third-order valence-electron chi connectivity index (χ3n) is 5.12. The van der Waals surface area contributed by atoms with Gasteiger partial charge in [0.05, 0.1) is 6.42 Å². The number of Topliss-reactive ketones (excluding diaryl/α,β-unsaturated/α-hetero) is 1. The molecule has 28 heavy (non-hydrogen) atoms. The van der Waals surface area contributed by atoms with E-state index in [-0.39, 0.29) is 30.4 Å². The van der Waals surface area contributed by atoms with Crippen molar-refractivity contribution in [1.29, 1.82) is 0 Å². The van der Waals surface area contributed by atoms with Crippen LogP contribution in [0.15, 0.2) is 54.6 Å². The molecule has 0 spiro atoms. The molecule has 1 fully saturated rings. The van der Waals surface area contributed by atoms with E-state index in [4.69, 9.17) is 0 Å². The number of benzene rings is 2. The Bertz CT molecular complexity index is 823. The van der Waals surface area contributed by atoms with E-state index in [0.717, 1.165) is 11.1 Å². The zero-order valence-electron chi connectivity index (χ0n) is 16.3. The van der Waals surface area contributed by atoms with Crippen molar-refractivity contribution in [3.8, 4) is 0 Å². The number of nitrogens with zero attached hydrogens (tertiary/aromatic N) is 2. The summed E-state index contributed by atoms with van der Waals surface area (Å²) in [5, 5.41) is 0. The van der Waals surface area contributed by atoms with Crippen molar-refractivity contribution in [3.63, 3.8) is 0 Å². The van der Waals surface area contributed by atoms with E-state index in [2.05, 4.69) is 0 Å². The Morgan fingerprint density at radius 3 is 1.93 bits per heavy atom. The van der Waals surface area contributed by atoms with Gasteiger partial charge < -0.3 is 9.80 Å². The molecule has 1 aliphatic heterocycles. The average molecular weight is 378 g/mol. The molecule has 3 rings (SSSR count). The molecule has 0 radical (unpaired) electrons. The molecule has 0 atom stereocenters. The minimum Gasteiger partial charge on any atom is -0.339 e. The highest BCUT2D eigenvalue weighted by atomic mass is 16.2. The van der Waals surface area contributed by atoms with Crippen LogP contribution in [0.25, 0.3) is 0 Å². The zero-order valence-corrected chi connectivity index (χ0v) is 16.3. The van der Waals surface area contributed by atoms with Crippen LogP contribution in [-0.2, 0) is 16.0 Å². The molecule has 0 saturated carbocycles. The molecule has 0 bridgehead atoms. The molecule has 146 valence electrons. The topological polar surface area (TPSA) is 57.7 Å². The van der Waals surface area contributed by atoms with Gasteiger partial charge in [-0.3, -0.25) is 14.4 Å². The molecule has 5 heteroatoms. The van der Waals surface area contributed by atoms with Crippen LogP contribution in [0.5, 0.6) is 0 Å². The van der Waals surface area contributed by atoms with Gasteiger partial charge in [-0.2, -0.15) is 0 Å². The monoisotopic (exact) mass is 378 g/mol. The SMILES string of the molecule is Cc1ccc(C(=O)CCC(=O)N2CCN(C(=O)Cc3ccccc3)CC2)cc1. The second-order valence-electron chi connectivity index (χ2n) is 7.21. The fraction of sp³-hybridized carbons (Fsp3) is 0.348. The molecular formula is C23H26N2O3. The van der Waals surface area contributed by atoms with E-state index in [1.807, 2.05) is 54.3 Å². The minimum absolute atomic E-state index is 0.00924. The molecule has 2 aromatic rings. The molecule has 5 nitrogen and oxygen atoms in total. The summed E-state index contributed by atoms with van der Waals surface area (Å²) < 4.78 is 0. The Kier molecular flexibility index (Phi) is 6.58.